The summed E-state index contributed by atoms with van der Waals surface area (Å²) in [6.45, 7) is 1.05. The number of amides is 1. The molecule has 0 saturated carbocycles. The highest BCUT2D eigenvalue weighted by molar-refractivity contribution is 7.93. The van der Waals surface area contributed by atoms with Crippen molar-refractivity contribution in [2.24, 2.45) is 5.73 Å². The number of alkyl halides is 3. The van der Waals surface area contributed by atoms with Crippen LogP contribution >= 0.6 is 0 Å². The Balaban J connectivity index is 1.79. The molecule has 4 rings (SSSR count). The smallest absolute Gasteiger partial charge is 0.459 e. The van der Waals surface area contributed by atoms with Gasteiger partial charge in [0.2, 0.25) is 0 Å². The lowest BCUT2D eigenvalue weighted by atomic mass is 9.91. The summed E-state index contributed by atoms with van der Waals surface area (Å²) in [6.07, 6.45) is 1.20. The number of anilines is 1. The van der Waals surface area contributed by atoms with E-state index in [9.17, 15) is 31.2 Å². The van der Waals surface area contributed by atoms with Crippen LogP contribution in [0.5, 0.6) is 0 Å². The van der Waals surface area contributed by atoms with Crippen LogP contribution in [-0.4, -0.2) is 38.4 Å². The molecule has 0 unspecified atom stereocenters. The maximum atomic E-state index is 13.5. The molecule has 2 atom stereocenters. The van der Waals surface area contributed by atoms with Crippen LogP contribution in [0.15, 0.2) is 72.8 Å². The standard InChI is InChI=1S/C29H30F3N3O5S/c1-28(33)17-20-8-6-7-19(13-20)11-12-25(22-9-4-3-5-10-22)34-26(36)23-14-21(18-40-27(28)37)15-24(16-23)35(2)41(38,39)29(30,31)32/h3-10,13-16,25H,11-12,17-18,33H2,1-2H3,(H,34,36)/t25-,28-/m1/s1. The van der Waals surface area contributed by atoms with Crippen LogP contribution in [0.2, 0.25) is 0 Å². The van der Waals surface area contributed by atoms with Gasteiger partial charge in [-0.1, -0.05) is 54.6 Å². The molecule has 1 aliphatic rings. The van der Waals surface area contributed by atoms with Gasteiger partial charge < -0.3 is 15.8 Å². The molecular formula is C29H30F3N3O5S. The van der Waals surface area contributed by atoms with E-state index in [-0.39, 0.29) is 21.9 Å². The predicted octanol–water partition coefficient (Wildman–Crippen LogP) is 4.39. The number of rotatable bonds is 3. The number of esters is 1. The van der Waals surface area contributed by atoms with Gasteiger partial charge in [0.15, 0.2) is 0 Å². The van der Waals surface area contributed by atoms with Crippen molar-refractivity contribution in [2.75, 3.05) is 11.4 Å². The molecule has 0 saturated heterocycles. The number of hydrogen-bond acceptors (Lipinski definition) is 6. The minimum absolute atomic E-state index is 0.0433. The van der Waals surface area contributed by atoms with E-state index < -0.39 is 51.3 Å². The lowest BCUT2D eigenvalue weighted by Gasteiger charge is -2.25. The molecule has 1 aliphatic heterocycles. The van der Waals surface area contributed by atoms with Crippen LogP contribution in [0, 0.1) is 0 Å². The van der Waals surface area contributed by atoms with Crippen molar-refractivity contribution in [2.45, 2.75) is 49.9 Å². The normalized spacial score (nSPS) is 20.6. The fourth-order valence-corrected chi connectivity index (χ4v) is 5.32. The molecule has 8 nitrogen and oxygen atoms in total. The van der Waals surface area contributed by atoms with Crippen molar-refractivity contribution in [3.63, 3.8) is 0 Å². The number of sulfonamides is 1. The van der Waals surface area contributed by atoms with Gasteiger partial charge in [0, 0.05) is 19.0 Å². The first-order valence-electron chi connectivity index (χ1n) is 12.8. The molecule has 3 aromatic carbocycles. The quantitative estimate of drug-likeness (QED) is 0.438. The van der Waals surface area contributed by atoms with Crippen LogP contribution in [-0.2, 0) is 39.0 Å². The van der Waals surface area contributed by atoms with Gasteiger partial charge in [0.05, 0.1) is 11.7 Å². The second-order valence-electron chi connectivity index (χ2n) is 10.3. The number of hydrogen-bond donors (Lipinski definition) is 2. The first kappa shape index (κ1) is 30.1. The van der Waals surface area contributed by atoms with Gasteiger partial charge >= 0.3 is 21.5 Å². The molecule has 12 heteroatoms. The number of nitrogens with two attached hydrogens (primary N) is 1. The first-order chi connectivity index (χ1) is 19.2. The minimum Gasteiger partial charge on any atom is -0.459 e. The molecule has 0 radical (unpaired) electrons. The van der Waals surface area contributed by atoms with E-state index in [1.54, 1.807) is 0 Å². The number of carbonyl (C=O) groups is 2. The number of aryl methyl sites for hydroxylation is 1. The van der Waals surface area contributed by atoms with Gasteiger partial charge in [-0.15, -0.1) is 0 Å². The number of carbonyl (C=O) groups excluding carboxylic acids is 2. The van der Waals surface area contributed by atoms with Crippen molar-refractivity contribution < 1.29 is 35.9 Å². The summed E-state index contributed by atoms with van der Waals surface area (Å²) in [5, 5.41) is 2.93. The highest BCUT2D eigenvalue weighted by atomic mass is 32.2. The van der Waals surface area contributed by atoms with Crippen LogP contribution < -0.4 is 15.4 Å². The van der Waals surface area contributed by atoms with Gasteiger partial charge in [-0.3, -0.25) is 13.9 Å². The Morgan fingerprint density at radius 3 is 2.34 bits per heavy atom. The maximum Gasteiger partial charge on any atom is 0.516 e. The van der Waals surface area contributed by atoms with E-state index in [2.05, 4.69) is 5.32 Å². The number of nitrogens with one attached hydrogen (secondary N) is 1. The van der Waals surface area contributed by atoms with Gasteiger partial charge in [-0.25, -0.2) is 0 Å². The van der Waals surface area contributed by atoms with E-state index in [1.807, 2.05) is 54.6 Å². The zero-order valence-electron chi connectivity index (χ0n) is 22.4. The summed E-state index contributed by atoms with van der Waals surface area (Å²) >= 11 is 0. The SMILES string of the molecule is CN(c1cc2cc(c1)C(=O)N[C@@H](c1ccccc1)CCc1cccc(c1)C[C@@](C)(N)C(=O)OC2)S(=O)(=O)C(F)(F)F. The summed E-state index contributed by atoms with van der Waals surface area (Å²) in [6, 6.07) is 19.8. The Morgan fingerprint density at radius 2 is 1.66 bits per heavy atom. The fraction of sp³-hybridized carbons (Fsp3) is 0.310. The van der Waals surface area contributed by atoms with Crippen molar-refractivity contribution in [1.82, 2.24) is 5.32 Å². The van der Waals surface area contributed by atoms with E-state index in [1.165, 1.54) is 13.0 Å². The molecule has 1 amide bonds. The molecule has 4 bridgehead atoms. The zero-order valence-corrected chi connectivity index (χ0v) is 23.3. The Labute approximate surface area is 236 Å². The summed E-state index contributed by atoms with van der Waals surface area (Å²) in [7, 11) is -5.04. The van der Waals surface area contributed by atoms with Gasteiger partial charge in [-0.2, -0.15) is 21.6 Å². The minimum atomic E-state index is -5.77. The average molecular weight is 590 g/mol. The Bertz CT molecular complexity index is 1540. The maximum absolute atomic E-state index is 13.5. The Hall–Kier alpha value is -3.90. The lowest BCUT2D eigenvalue weighted by molar-refractivity contribution is -0.150. The number of nitrogens with zero attached hydrogens (tertiary/aromatic N) is 1. The van der Waals surface area contributed by atoms with E-state index >= 15 is 0 Å². The molecule has 3 aromatic rings. The van der Waals surface area contributed by atoms with Gasteiger partial charge in [0.25, 0.3) is 5.91 Å². The van der Waals surface area contributed by atoms with Crippen molar-refractivity contribution in [3.8, 4) is 0 Å². The van der Waals surface area contributed by atoms with Crippen LogP contribution in [0.3, 0.4) is 0 Å². The third-order valence-electron chi connectivity index (χ3n) is 6.88. The zero-order chi connectivity index (χ0) is 30.0. The number of benzene rings is 3. The third-order valence-corrected chi connectivity index (χ3v) is 8.40. The second kappa shape index (κ2) is 11.5. The molecule has 0 aromatic heterocycles. The third kappa shape index (κ3) is 6.88. The van der Waals surface area contributed by atoms with Crippen molar-refractivity contribution >= 4 is 27.6 Å². The second-order valence-corrected chi connectivity index (χ2v) is 12.2. The summed E-state index contributed by atoms with van der Waals surface area (Å²) in [5.41, 5.74) is 1.44. The molecule has 1 heterocycles. The fourth-order valence-electron chi connectivity index (χ4n) is 4.63. The Morgan fingerprint density at radius 1 is 0.976 bits per heavy atom. The summed E-state index contributed by atoms with van der Waals surface area (Å²) in [5.74, 6) is -1.41. The van der Waals surface area contributed by atoms with Crippen molar-refractivity contribution in [3.05, 3.63) is 101 Å². The topological polar surface area (TPSA) is 119 Å². The van der Waals surface area contributed by atoms with E-state index in [0.29, 0.717) is 12.8 Å². The Kier molecular flexibility index (Phi) is 8.46. The number of halogens is 3. The largest absolute Gasteiger partial charge is 0.516 e. The van der Waals surface area contributed by atoms with Crippen LogP contribution in [0.25, 0.3) is 0 Å². The van der Waals surface area contributed by atoms with Crippen LogP contribution in [0.1, 0.15) is 52.0 Å². The highest BCUT2D eigenvalue weighted by Crippen LogP contribution is 2.31. The van der Waals surface area contributed by atoms with Gasteiger partial charge in [-0.05, 0) is 60.2 Å². The molecule has 218 valence electrons. The monoisotopic (exact) mass is 589 g/mol. The lowest BCUT2D eigenvalue weighted by Crippen LogP contribution is -2.48. The number of cyclic esters (lactones) is 1. The number of fused-ring (bicyclic) bond motifs is 4. The predicted molar refractivity (Wildman–Crippen MR) is 147 cm³/mol. The van der Waals surface area contributed by atoms with E-state index in [4.69, 9.17) is 10.5 Å². The number of ether oxygens (including phenoxy) is 1. The molecule has 0 spiro atoms. The van der Waals surface area contributed by atoms with Crippen molar-refractivity contribution in [1.29, 1.82) is 0 Å². The van der Waals surface area contributed by atoms with Crippen LogP contribution in [0.4, 0.5) is 18.9 Å². The molecular weight excluding hydrogens is 559 g/mol. The van der Waals surface area contributed by atoms with E-state index in [0.717, 1.165) is 35.9 Å². The highest BCUT2D eigenvalue weighted by Gasteiger charge is 2.49. The molecule has 41 heavy (non-hydrogen) atoms. The summed E-state index contributed by atoms with van der Waals surface area (Å²) < 4.78 is 69.7. The molecule has 3 N–H and O–H groups in total. The first-order valence-corrected chi connectivity index (χ1v) is 14.2. The summed E-state index contributed by atoms with van der Waals surface area (Å²) in [4.78, 5) is 26.4. The molecule has 0 fully saturated rings. The average Bonchev–Trinajstić information content (AvgIpc) is 2.92. The van der Waals surface area contributed by atoms with Gasteiger partial charge in [0.1, 0.15) is 12.1 Å². The molecule has 0 aliphatic carbocycles.